The van der Waals surface area contributed by atoms with Gasteiger partial charge in [0, 0.05) is 19.0 Å². The number of hydrogen-bond acceptors (Lipinski definition) is 3. The molecule has 5 nitrogen and oxygen atoms in total. The summed E-state index contributed by atoms with van der Waals surface area (Å²) in [5.41, 5.74) is 8.02. The number of amidine groups is 1. The highest BCUT2D eigenvalue weighted by molar-refractivity contribution is 5.83. The average molecular weight is 263 g/mol. The summed E-state index contributed by atoms with van der Waals surface area (Å²) in [5.74, 6) is 0.334. The van der Waals surface area contributed by atoms with Crippen LogP contribution in [0.25, 0.3) is 0 Å². The monoisotopic (exact) mass is 263 g/mol. The van der Waals surface area contributed by atoms with E-state index < -0.39 is 0 Å². The van der Waals surface area contributed by atoms with Gasteiger partial charge in [-0.25, -0.2) is 0 Å². The molecule has 5 heteroatoms. The van der Waals surface area contributed by atoms with Gasteiger partial charge in [-0.2, -0.15) is 5.10 Å². The zero-order valence-electron chi connectivity index (χ0n) is 12.2. The summed E-state index contributed by atoms with van der Waals surface area (Å²) >= 11 is 0. The third kappa shape index (κ3) is 2.97. The van der Waals surface area contributed by atoms with Crippen LogP contribution in [0.1, 0.15) is 38.1 Å². The molecule has 2 rings (SSSR count). The van der Waals surface area contributed by atoms with Gasteiger partial charge >= 0.3 is 0 Å². The van der Waals surface area contributed by atoms with Crippen LogP contribution in [0.15, 0.2) is 6.07 Å². The number of likely N-dealkylation sites (tertiary alicyclic amines) is 1. The molecule has 1 aromatic heterocycles. The first kappa shape index (κ1) is 14.1. The molecule has 1 aliphatic heterocycles. The van der Waals surface area contributed by atoms with E-state index in [0.29, 0.717) is 5.84 Å². The van der Waals surface area contributed by atoms with E-state index in [9.17, 15) is 0 Å². The number of nitrogens with zero attached hydrogens (tertiary/aromatic N) is 3. The Bertz CT molecular complexity index is 454. The molecule has 19 heavy (non-hydrogen) atoms. The SMILES string of the molecule is CCc1cc(CN2CCC(C)(C(=N)N)CC2)n(C)n1. The lowest BCUT2D eigenvalue weighted by Gasteiger charge is -2.38. The lowest BCUT2D eigenvalue weighted by molar-refractivity contribution is 0.153. The summed E-state index contributed by atoms with van der Waals surface area (Å²) in [5, 5.41) is 12.2. The van der Waals surface area contributed by atoms with E-state index in [-0.39, 0.29) is 5.41 Å². The molecule has 0 spiro atoms. The van der Waals surface area contributed by atoms with Gasteiger partial charge in [-0.15, -0.1) is 0 Å². The lowest BCUT2D eigenvalue weighted by atomic mass is 9.79. The molecular formula is C14H25N5. The highest BCUT2D eigenvalue weighted by atomic mass is 15.3. The van der Waals surface area contributed by atoms with Crippen LogP contribution < -0.4 is 5.73 Å². The van der Waals surface area contributed by atoms with Gasteiger partial charge in [0.1, 0.15) is 0 Å². The maximum Gasteiger partial charge on any atom is 0.0966 e. The topological polar surface area (TPSA) is 70.9 Å². The van der Waals surface area contributed by atoms with E-state index in [1.807, 2.05) is 11.7 Å². The number of nitrogens with one attached hydrogen (secondary N) is 1. The minimum Gasteiger partial charge on any atom is -0.387 e. The zero-order valence-corrected chi connectivity index (χ0v) is 12.2. The van der Waals surface area contributed by atoms with E-state index in [0.717, 1.165) is 44.6 Å². The summed E-state index contributed by atoms with van der Waals surface area (Å²) in [4.78, 5) is 2.43. The Morgan fingerprint density at radius 3 is 2.58 bits per heavy atom. The fraction of sp³-hybridized carbons (Fsp3) is 0.714. The molecule has 0 amide bonds. The van der Waals surface area contributed by atoms with Gasteiger partial charge in [0.2, 0.25) is 0 Å². The van der Waals surface area contributed by atoms with Crippen LogP contribution in [0, 0.1) is 10.8 Å². The molecule has 1 saturated heterocycles. The Hall–Kier alpha value is -1.36. The number of hydrogen-bond donors (Lipinski definition) is 2. The van der Waals surface area contributed by atoms with Crippen molar-refractivity contribution < 1.29 is 0 Å². The van der Waals surface area contributed by atoms with Crippen LogP contribution in [-0.4, -0.2) is 33.6 Å². The Balaban J connectivity index is 1.95. The molecule has 106 valence electrons. The average Bonchev–Trinajstić information content (AvgIpc) is 2.73. The van der Waals surface area contributed by atoms with Crippen LogP contribution in [0.4, 0.5) is 0 Å². The summed E-state index contributed by atoms with van der Waals surface area (Å²) < 4.78 is 1.98. The van der Waals surface area contributed by atoms with Gasteiger partial charge in [0.25, 0.3) is 0 Å². The highest BCUT2D eigenvalue weighted by Crippen LogP contribution is 2.31. The molecule has 2 heterocycles. The van der Waals surface area contributed by atoms with E-state index in [2.05, 4.69) is 29.9 Å². The second kappa shape index (κ2) is 5.33. The number of aryl methyl sites for hydroxylation is 2. The zero-order chi connectivity index (χ0) is 14.0. The molecule has 1 aromatic rings. The summed E-state index contributed by atoms with van der Waals surface area (Å²) in [6.07, 6.45) is 2.93. The molecule has 0 saturated carbocycles. The van der Waals surface area contributed by atoms with Crippen molar-refractivity contribution in [2.45, 2.75) is 39.7 Å². The van der Waals surface area contributed by atoms with Gasteiger partial charge in [-0.1, -0.05) is 13.8 Å². The van der Waals surface area contributed by atoms with E-state index in [1.54, 1.807) is 0 Å². The van der Waals surface area contributed by atoms with Crippen LogP contribution in [0.3, 0.4) is 0 Å². The molecular weight excluding hydrogens is 238 g/mol. The van der Waals surface area contributed by atoms with Gasteiger partial charge in [0.15, 0.2) is 0 Å². The third-order valence-electron chi connectivity index (χ3n) is 4.39. The first-order valence-electron chi connectivity index (χ1n) is 7.03. The van der Waals surface area contributed by atoms with Crippen LogP contribution in [0.2, 0.25) is 0 Å². The summed E-state index contributed by atoms with van der Waals surface area (Å²) in [7, 11) is 2.01. The van der Waals surface area contributed by atoms with Crippen molar-refractivity contribution in [3.8, 4) is 0 Å². The second-order valence-electron chi connectivity index (χ2n) is 5.85. The Morgan fingerprint density at radius 2 is 2.11 bits per heavy atom. The van der Waals surface area contributed by atoms with Crippen molar-refractivity contribution >= 4 is 5.84 Å². The van der Waals surface area contributed by atoms with Crippen molar-refractivity contribution in [1.29, 1.82) is 5.41 Å². The molecule has 0 aromatic carbocycles. The molecule has 3 N–H and O–H groups in total. The predicted molar refractivity (Wildman–Crippen MR) is 77.1 cm³/mol. The predicted octanol–water partition coefficient (Wildman–Crippen LogP) is 1.52. The molecule has 0 bridgehead atoms. The number of piperidine rings is 1. The summed E-state index contributed by atoms with van der Waals surface area (Å²) in [6, 6.07) is 2.19. The van der Waals surface area contributed by atoms with E-state index in [1.165, 1.54) is 5.69 Å². The van der Waals surface area contributed by atoms with Crippen molar-refractivity contribution in [2.24, 2.45) is 18.2 Å². The van der Waals surface area contributed by atoms with Crippen molar-refractivity contribution in [3.63, 3.8) is 0 Å². The number of nitrogens with two attached hydrogens (primary N) is 1. The van der Waals surface area contributed by atoms with Crippen LogP contribution >= 0.6 is 0 Å². The normalized spacial score (nSPS) is 19.5. The number of rotatable bonds is 4. The van der Waals surface area contributed by atoms with Crippen molar-refractivity contribution in [1.82, 2.24) is 14.7 Å². The Morgan fingerprint density at radius 1 is 1.47 bits per heavy atom. The maximum atomic E-state index is 7.68. The number of aromatic nitrogens is 2. The Labute approximate surface area is 115 Å². The van der Waals surface area contributed by atoms with E-state index >= 15 is 0 Å². The first-order chi connectivity index (χ1) is 8.94. The molecule has 0 aliphatic carbocycles. The van der Waals surface area contributed by atoms with Crippen LogP contribution in [0.5, 0.6) is 0 Å². The van der Waals surface area contributed by atoms with Gasteiger partial charge < -0.3 is 5.73 Å². The van der Waals surface area contributed by atoms with Crippen LogP contribution in [-0.2, 0) is 20.0 Å². The molecule has 1 fully saturated rings. The highest BCUT2D eigenvalue weighted by Gasteiger charge is 2.32. The maximum absolute atomic E-state index is 7.68. The second-order valence-corrected chi connectivity index (χ2v) is 5.85. The molecule has 0 radical (unpaired) electrons. The standard InChI is InChI=1S/C14H25N5/c1-4-11-9-12(18(3)17-11)10-19-7-5-14(2,6-8-19)13(15)16/h9H,4-8,10H2,1-3H3,(H3,15,16). The quantitative estimate of drug-likeness (QED) is 0.639. The molecule has 1 aliphatic rings. The van der Waals surface area contributed by atoms with Gasteiger partial charge in [0.05, 0.1) is 17.2 Å². The third-order valence-corrected chi connectivity index (χ3v) is 4.39. The Kier molecular flexibility index (Phi) is 3.94. The lowest BCUT2D eigenvalue weighted by Crippen LogP contribution is -2.44. The minimum atomic E-state index is -0.0997. The largest absolute Gasteiger partial charge is 0.387 e. The van der Waals surface area contributed by atoms with Gasteiger partial charge in [-0.3, -0.25) is 15.0 Å². The summed E-state index contributed by atoms with van der Waals surface area (Å²) in [6.45, 7) is 7.18. The van der Waals surface area contributed by atoms with Gasteiger partial charge in [-0.05, 0) is 38.4 Å². The smallest absolute Gasteiger partial charge is 0.0966 e. The fourth-order valence-electron chi connectivity index (χ4n) is 2.60. The van der Waals surface area contributed by atoms with Crippen molar-refractivity contribution in [3.05, 3.63) is 17.5 Å². The van der Waals surface area contributed by atoms with E-state index in [4.69, 9.17) is 11.1 Å². The first-order valence-corrected chi connectivity index (χ1v) is 7.03. The fourth-order valence-corrected chi connectivity index (χ4v) is 2.60. The minimum absolute atomic E-state index is 0.0997. The molecule has 0 atom stereocenters. The van der Waals surface area contributed by atoms with Crippen molar-refractivity contribution in [2.75, 3.05) is 13.1 Å². The molecule has 0 unspecified atom stereocenters.